The van der Waals surface area contributed by atoms with E-state index < -0.39 is 0 Å². The Hall–Kier alpha value is -2.37. The second kappa shape index (κ2) is 6.39. The summed E-state index contributed by atoms with van der Waals surface area (Å²) in [6, 6.07) is 3.46. The Morgan fingerprint density at radius 1 is 1.38 bits per heavy atom. The molecule has 0 aliphatic carbocycles. The fourth-order valence-electron chi connectivity index (χ4n) is 1.97. The highest BCUT2D eigenvalue weighted by Gasteiger charge is 2.18. The first kappa shape index (κ1) is 15.0. The van der Waals surface area contributed by atoms with E-state index in [0.717, 1.165) is 5.82 Å². The van der Waals surface area contributed by atoms with E-state index in [1.165, 1.54) is 0 Å². The number of esters is 1. The number of aryl methyl sites for hydroxylation is 1. The summed E-state index contributed by atoms with van der Waals surface area (Å²) in [4.78, 5) is 22.6. The quantitative estimate of drug-likeness (QED) is 0.788. The lowest BCUT2D eigenvalue weighted by atomic mass is 10.2. The zero-order valence-electron chi connectivity index (χ0n) is 12.8. The van der Waals surface area contributed by atoms with Crippen molar-refractivity contribution in [2.24, 2.45) is 7.05 Å². The maximum Gasteiger partial charge on any atom is 0.342 e. The molecule has 0 amide bonds. The third-order valence-electron chi connectivity index (χ3n) is 3.01. The first-order valence-corrected chi connectivity index (χ1v) is 6.82. The lowest BCUT2D eigenvalue weighted by molar-refractivity contribution is 0.0378. The zero-order chi connectivity index (χ0) is 15.4. The number of imidazole rings is 1. The van der Waals surface area contributed by atoms with Crippen molar-refractivity contribution < 1.29 is 9.53 Å². The largest absolute Gasteiger partial charge is 0.459 e. The molecule has 0 aliphatic heterocycles. The van der Waals surface area contributed by atoms with E-state index in [1.54, 1.807) is 24.5 Å². The number of hydrogen-bond donors (Lipinski definition) is 0. The van der Waals surface area contributed by atoms with Gasteiger partial charge in [0.05, 0.1) is 12.6 Å². The molecule has 21 heavy (non-hydrogen) atoms. The van der Waals surface area contributed by atoms with E-state index in [-0.39, 0.29) is 12.1 Å². The van der Waals surface area contributed by atoms with E-state index in [2.05, 4.69) is 9.97 Å². The van der Waals surface area contributed by atoms with Crippen LogP contribution in [0.3, 0.4) is 0 Å². The van der Waals surface area contributed by atoms with Crippen molar-refractivity contribution in [1.29, 1.82) is 0 Å². The van der Waals surface area contributed by atoms with Crippen LogP contribution in [-0.4, -0.2) is 33.7 Å². The number of rotatable bonds is 5. The molecule has 2 aromatic heterocycles. The van der Waals surface area contributed by atoms with Crippen LogP contribution >= 0.6 is 0 Å². The summed E-state index contributed by atoms with van der Waals surface area (Å²) in [6.07, 6.45) is 5.13. The number of anilines is 1. The molecule has 0 bridgehead atoms. The van der Waals surface area contributed by atoms with Gasteiger partial charge in [-0.15, -0.1) is 0 Å². The third kappa shape index (κ3) is 3.59. The number of hydrogen-bond acceptors (Lipinski definition) is 5. The van der Waals surface area contributed by atoms with Crippen molar-refractivity contribution in [3.05, 3.63) is 42.1 Å². The van der Waals surface area contributed by atoms with Crippen LogP contribution in [0.5, 0.6) is 0 Å². The number of aromatic nitrogens is 3. The summed E-state index contributed by atoms with van der Waals surface area (Å²) in [5.74, 6) is 1.12. The van der Waals surface area contributed by atoms with E-state index in [0.29, 0.717) is 17.9 Å². The van der Waals surface area contributed by atoms with Gasteiger partial charge >= 0.3 is 5.97 Å². The van der Waals surface area contributed by atoms with E-state index >= 15 is 0 Å². The number of pyridine rings is 1. The molecule has 0 unspecified atom stereocenters. The molecule has 6 heteroatoms. The van der Waals surface area contributed by atoms with Gasteiger partial charge in [0, 0.05) is 32.7 Å². The maximum absolute atomic E-state index is 12.1. The summed E-state index contributed by atoms with van der Waals surface area (Å²) in [7, 11) is 3.81. The number of carbonyl (C=O) groups excluding carboxylic acids is 1. The van der Waals surface area contributed by atoms with E-state index in [1.807, 2.05) is 43.6 Å². The first-order chi connectivity index (χ1) is 9.99. The van der Waals surface area contributed by atoms with Crippen LogP contribution in [-0.2, 0) is 18.3 Å². The van der Waals surface area contributed by atoms with Crippen LogP contribution in [0, 0.1) is 0 Å². The van der Waals surface area contributed by atoms with Crippen molar-refractivity contribution in [3.63, 3.8) is 0 Å². The summed E-state index contributed by atoms with van der Waals surface area (Å²) in [6.45, 7) is 4.21. The fraction of sp³-hybridized carbons (Fsp3) is 0.400. The molecule has 2 aromatic rings. The lowest BCUT2D eigenvalue weighted by Crippen LogP contribution is -2.23. The first-order valence-electron chi connectivity index (χ1n) is 6.82. The SMILES string of the molecule is CC(C)OC(=O)c1cccnc1N(C)Cc1nccn1C. The molecule has 0 fully saturated rings. The predicted molar refractivity (Wildman–Crippen MR) is 80.1 cm³/mol. The minimum Gasteiger partial charge on any atom is -0.459 e. The summed E-state index contributed by atoms with van der Waals surface area (Å²) in [5.41, 5.74) is 0.461. The highest BCUT2D eigenvalue weighted by Crippen LogP contribution is 2.19. The van der Waals surface area contributed by atoms with Gasteiger partial charge in [-0.25, -0.2) is 14.8 Å². The van der Waals surface area contributed by atoms with Crippen LogP contribution in [0.4, 0.5) is 5.82 Å². The molecule has 112 valence electrons. The van der Waals surface area contributed by atoms with E-state index in [9.17, 15) is 4.79 Å². The summed E-state index contributed by atoms with van der Waals surface area (Å²) in [5, 5.41) is 0. The van der Waals surface area contributed by atoms with Gasteiger partial charge < -0.3 is 14.2 Å². The molecule has 6 nitrogen and oxygen atoms in total. The average molecular weight is 288 g/mol. The topological polar surface area (TPSA) is 60.2 Å². The van der Waals surface area contributed by atoms with Crippen molar-refractivity contribution in [1.82, 2.24) is 14.5 Å². The van der Waals surface area contributed by atoms with Gasteiger partial charge in [-0.2, -0.15) is 0 Å². The van der Waals surface area contributed by atoms with Gasteiger partial charge in [0.15, 0.2) is 0 Å². The minimum absolute atomic E-state index is 0.162. The van der Waals surface area contributed by atoms with Crippen molar-refractivity contribution in [3.8, 4) is 0 Å². The maximum atomic E-state index is 12.1. The van der Waals surface area contributed by atoms with E-state index in [4.69, 9.17) is 4.74 Å². The average Bonchev–Trinajstić information content (AvgIpc) is 2.83. The zero-order valence-corrected chi connectivity index (χ0v) is 12.8. The number of carbonyl (C=O) groups is 1. The summed E-state index contributed by atoms with van der Waals surface area (Å²) < 4.78 is 7.20. The molecule has 0 saturated carbocycles. The Morgan fingerprint density at radius 2 is 2.14 bits per heavy atom. The Bertz CT molecular complexity index is 622. The molecule has 2 rings (SSSR count). The van der Waals surface area contributed by atoms with Gasteiger partial charge in [0.25, 0.3) is 0 Å². The van der Waals surface area contributed by atoms with Crippen LogP contribution in [0.2, 0.25) is 0 Å². The number of ether oxygens (including phenoxy) is 1. The molecular formula is C15H20N4O2. The predicted octanol–water partition coefficient (Wildman–Crippen LogP) is 2.02. The van der Waals surface area contributed by atoms with Gasteiger partial charge in [-0.1, -0.05) is 0 Å². The molecule has 0 aliphatic rings. The van der Waals surface area contributed by atoms with Gasteiger partial charge in [-0.3, -0.25) is 0 Å². The van der Waals surface area contributed by atoms with Crippen LogP contribution < -0.4 is 4.90 Å². The monoisotopic (exact) mass is 288 g/mol. The van der Waals surface area contributed by atoms with Crippen LogP contribution in [0.25, 0.3) is 0 Å². The Morgan fingerprint density at radius 3 is 2.76 bits per heavy atom. The molecule has 0 atom stereocenters. The highest BCUT2D eigenvalue weighted by atomic mass is 16.5. The second-order valence-electron chi connectivity index (χ2n) is 5.14. The Balaban J connectivity index is 2.23. The molecule has 0 N–H and O–H groups in total. The number of nitrogens with zero attached hydrogens (tertiary/aromatic N) is 4. The van der Waals surface area contributed by atoms with Crippen LogP contribution in [0.15, 0.2) is 30.7 Å². The highest BCUT2D eigenvalue weighted by molar-refractivity contribution is 5.94. The molecule has 0 aromatic carbocycles. The van der Waals surface area contributed by atoms with Gasteiger partial charge in [0.2, 0.25) is 0 Å². The van der Waals surface area contributed by atoms with Crippen LogP contribution in [0.1, 0.15) is 30.0 Å². The standard InChI is InChI=1S/C15H20N4O2/c1-11(2)21-15(20)12-6-5-7-17-14(12)19(4)10-13-16-8-9-18(13)3/h5-9,11H,10H2,1-4H3. The normalized spacial score (nSPS) is 10.7. The van der Waals surface area contributed by atoms with Gasteiger partial charge in [0.1, 0.15) is 17.2 Å². The lowest BCUT2D eigenvalue weighted by Gasteiger charge is -2.20. The van der Waals surface area contributed by atoms with Gasteiger partial charge in [-0.05, 0) is 26.0 Å². The van der Waals surface area contributed by atoms with Crippen molar-refractivity contribution >= 4 is 11.8 Å². The Kier molecular flexibility index (Phi) is 4.57. The third-order valence-corrected chi connectivity index (χ3v) is 3.01. The molecule has 0 spiro atoms. The molecule has 2 heterocycles. The fourth-order valence-corrected chi connectivity index (χ4v) is 1.97. The van der Waals surface area contributed by atoms with Crippen molar-refractivity contribution in [2.75, 3.05) is 11.9 Å². The molecule has 0 saturated heterocycles. The molecule has 0 radical (unpaired) electrons. The Labute approximate surface area is 124 Å². The summed E-state index contributed by atoms with van der Waals surface area (Å²) >= 11 is 0. The second-order valence-corrected chi connectivity index (χ2v) is 5.14. The smallest absolute Gasteiger partial charge is 0.342 e. The molecular weight excluding hydrogens is 268 g/mol. The van der Waals surface area contributed by atoms with Crippen molar-refractivity contribution in [2.45, 2.75) is 26.5 Å². The minimum atomic E-state index is -0.361.